The fraction of sp³-hybridized carbons (Fsp3) is 0.769. The van der Waals surface area contributed by atoms with Crippen molar-refractivity contribution in [1.29, 1.82) is 0 Å². The van der Waals surface area contributed by atoms with Gasteiger partial charge in [-0.15, -0.1) is 11.3 Å². The Hall–Kier alpha value is -0.490. The van der Waals surface area contributed by atoms with Crippen LogP contribution in [0.15, 0.2) is 5.38 Å². The fourth-order valence-electron chi connectivity index (χ4n) is 2.33. The summed E-state index contributed by atoms with van der Waals surface area (Å²) in [5.41, 5.74) is 6.76. The third kappa shape index (κ3) is 3.75. The van der Waals surface area contributed by atoms with Crippen LogP contribution in [-0.4, -0.2) is 53.5 Å². The lowest BCUT2D eigenvalue weighted by Crippen LogP contribution is -2.48. The molecule has 0 atom stereocenters. The van der Waals surface area contributed by atoms with Gasteiger partial charge in [0.05, 0.1) is 10.7 Å². The van der Waals surface area contributed by atoms with E-state index in [1.54, 1.807) is 11.3 Å². The van der Waals surface area contributed by atoms with Gasteiger partial charge in [0.15, 0.2) is 0 Å². The first-order valence-electron chi connectivity index (χ1n) is 6.79. The van der Waals surface area contributed by atoms with E-state index in [1.165, 1.54) is 23.8 Å². The van der Waals surface area contributed by atoms with E-state index in [0.29, 0.717) is 12.6 Å². The molecule has 1 aromatic rings. The van der Waals surface area contributed by atoms with Gasteiger partial charge in [-0.25, -0.2) is 4.98 Å². The van der Waals surface area contributed by atoms with Crippen molar-refractivity contribution in [2.75, 3.05) is 32.7 Å². The first-order valence-corrected chi connectivity index (χ1v) is 7.66. The van der Waals surface area contributed by atoms with Gasteiger partial charge in [0.25, 0.3) is 0 Å². The number of aromatic nitrogens is 1. The molecule has 2 heterocycles. The first-order chi connectivity index (χ1) is 8.69. The lowest BCUT2D eigenvalue weighted by molar-refractivity contribution is 0.103. The molecule has 1 fully saturated rings. The summed E-state index contributed by atoms with van der Waals surface area (Å²) in [5, 5.41) is 3.35. The molecule has 1 aliphatic rings. The lowest BCUT2D eigenvalue weighted by atomic mass is 10.2. The summed E-state index contributed by atoms with van der Waals surface area (Å²) in [4.78, 5) is 9.67. The maximum atomic E-state index is 5.55. The van der Waals surface area contributed by atoms with E-state index in [2.05, 4.69) is 34.0 Å². The Morgan fingerprint density at radius 3 is 2.67 bits per heavy atom. The van der Waals surface area contributed by atoms with Crippen LogP contribution in [0.1, 0.15) is 24.5 Å². The zero-order valence-corrected chi connectivity index (χ0v) is 12.2. The van der Waals surface area contributed by atoms with Gasteiger partial charge < -0.3 is 5.73 Å². The van der Waals surface area contributed by atoms with E-state index in [0.717, 1.165) is 26.1 Å². The van der Waals surface area contributed by atoms with Crippen molar-refractivity contribution in [3.05, 3.63) is 16.1 Å². The van der Waals surface area contributed by atoms with Crippen LogP contribution in [0.4, 0.5) is 0 Å². The summed E-state index contributed by atoms with van der Waals surface area (Å²) in [6, 6.07) is 0.669. The summed E-state index contributed by atoms with van der Waals surface area (Å²) in [6.45, 7) is 10.9. The number of thiazole rings is 1. The van der Waals surface area contributed by atoms with Gasteiger partial charge >= 0.3 is 0 Å². The molecule has 0 spiro atoms. The average molecular weight is 268 g/mol. The monoisotopic (exact) mass is 268 g/mol. The molecule has 0 aliphatic carbocycles. The Balaban J connectivity index is 1.80. The van der Waals surface area contributed by atoms with Crippen molar-refractivity contribution in [2.45, 2.75) is 32.9 Å². The molecule has 2 rings (SSSR count). The molecular formula is C13H24N4S. The van der Waals surface area contributed by atoms with E-state index < -0.39 is 0 Å². The lowest BCUT2D eigenvalue weighted by Gasteiger charge is -2.36. The number of nitrogens with zero attached hydrogens (tertiary/aromatic N) is 3. The molecule has 18 heavy (non-hydrogen) atoms. The predicted molar refractivity (Wildman–Crippen MR) is 76.9 cm³/mol. The molecule has 0 aromatic carbocycles. The second kappa shape index (κ2) is 6.61. The molecule has 0 radical (unpaired) electrons. The highest BCUT2D eigenvalue weighted by Gasteiger charge is 2.19. The van der Waals surface area contributed by atoms with Crippen molar-refractivity contribution in [2.24, 2.45) is 5.73 Å². The minimum Gasteiger partial charge on any atom is -0.330 e. The molecule has 2 N–H and O–H groups in total. The highest BCUT2D eigenvalue weighted by Crippen LogP contribution is 2.14. The Morgan fingerprint density at radius 1 is 1.33 bits per heavy atom. The van der Waals surface area contributed by atoms with Crippen LogP contribution in [0.2, 0.25) is 0 Å². The molecular weight excluding hydrogens is 244 g/mol. The van der Waals surface area contributed by atoms with Crippen molar-refractivity contribution in [3.63, 3.8) is 0 Å². The summed E-state index contributed by atoms with van der Waals surface area (Å²) in [6.07, 6.45) is 0.909. The van der Waals surface area contributed by atoms with Gasteiger partial charge in [-0.2, -0.15) is 0 Å². The summed E-state index contributed by atoms with van der Waals surface area (Å²) < 4.78 is 0. The van der Waals surface area contributed by atoms with Gasteiger partial charge in [0.1, 0.15) is 0 Å². The van der Waals surface area contributed by atoms with E-state index >= 15 is 0 Å². The highest BCUT2D eigenvalue weighted by molar-refractivity contribution is 7.09. The van der Waals surface area contributed by atoms with Crippen LogP contribution in [0.25, 0.3) is 0 Å². The van der Waals surface area contributed by atoms with E-state index in [-0.39, 0.29) is 0 Å². The molecule has 0 bridgehead atoms. The number of hydrogen-bond donors (Lipinski definition) is 1. The molecule has 1 aliphatic heterocycles. The summed E-state index contributed by atoms with van der Waals surface area (Å²) in [7, 11) is 0. The van der Waals surface area contributed by atoms with Gasteiger partial charge in [0, 0.05) is 50.6 Å². The number of piperazine rings is 1. The maximum absolute atomic E-state index is 5.55. The van der Waals surface area contributed by atoms with Crippen LogP contribution in [-0.2, 0) is 13.0 Å². The zero-order valence-electron chi connectivity index (χ0n) is 11.4. The first kappa shape index (κ1) is 13.9. The zero-order chi connectivity index (χ0) is 13.0. The van der Waals surface area contributed by atoms with E-state index in [4.69, 9.17) is 5.73 Å². The van der Waals surface area contributed by atoms with Gasteiger partial charge in [-0.05, 0) is 20.4 Å². The van der Waals surface area contributed by atoms with Gasteiger partial charge in [0.2, 0.25) is 0 Å². The molecule has 0 amide bonds. The van der Waals surface area contributed by atoms with Crippen molar-refractivity contribution in [3.8, 4) is 0 Å². The minimum absolute atomic E-state index is 0.669. The molecule has 1 aromatic heterocycles. The van der Waals surface area contributed by atoms with Gasteiger partial charge in [-0.3, -0.25) is 9.80 Å². The van der Waals surface area contributed by atoms with Crippen molar-refractivity contribution < 1.29 is 0 Å². The summed E-state index contributed by atoms with van der Waals surface area (Å²) >= 11 is 1.74. The fourth-order valence-corrected chi connectivity index (χ4v) is 3.13. The van der Waals surface area contributed by atoms with E-state index in [9.17, 15) is 0 Å². The third-order valence-corrected chi connectivity index (χ3v) is 4.44. The van der Waals surface area contributed by atoms with E-state index in [1.807, 2.05) is 0 Å². The normalized spacial score (nSPS) is 18.7. The number of hydrogen-bond acceptors (Lipinski definition) is 5. The number of rotatable bonds is 5. The van der Waals surface area contributed by atoms with Crippen LogP contribution in [0.5, 0.6) is 0 Å². The molecule has 1 saturated heterocycles. The maximum Gasteiger partial charge on any atom is 0.0941 e. The van der Waals surface area contributed by atoms with Crippen molar-refractivity contribution in [1.82, 2.24) is 14.8 Å². The second-order valence-corrected chi connectivity index (χ2v) is 6.12. The van der Waals surface area contributed by atoms with Crippen LogP contribution < -0.4 is 5.73 Å². The SMILES string of the molecule is CC(C)N1CCN(Cc2csc(CCN)n2)CC1. The second-order valence-electron chi connectivity index (χ2n) is 5.18. The minimum atomic E-state index is 0.669. The highest BCUT2D eigenvalue weighted by atomic mass is 32.1. The van der Waals surface area contributed by atoms with Gasteiger partial charge in [-0.1, -0.05) is 0 Å². The van der Waals surface area contributed by atoms with Crippen LogP contribution in [0, 0.1) is 0 Å². The molecule has 4 nitrogen and oxygen atoms in total. The molecule has 0 unspecified atom stereocenters. The van der Waals surface area contributed by atoms with Crippen LogP contribution >= 0.6 is 11.3 Å². The topological polar surface area (TPSA) is 45.4 Å². The number of nitrogens with two attached hydrogens (primary N) is 1. The largest absolute Gasteiger partial charge is 0.330 e. The Kier molecular flexibility index (Phi) is 5.12. The Bertz CT molecular complexity index is 356. The Morgan fingerprint density at radius 2 is 2.06 bits per heavy atom. The summed E-state index contributed by atoms with van der Waals surface area (Å²) in [5.74, 6) is 0. The predicted octanol–water partition coefficient (Wildman–Crippen LogP) is 1.17. The average Bonchev–Trinajstić information content (AvgIpc) is 2.78. The Labute approximate surface area is 114 Å². The molecule has 102 valence electrons. The smallest absolute Gasteiger partial charge is 0.0941 e. The standard InChI is InChI=1S/C13H24N4S/c1-11(2)17-7-5-16(6-8-17)9-12-10-18-13(15-12)3-4-14/h10-11H,3-9,14H2,1-2H3. The van der Waals surface area contributed by atoms with Crippen molar-refractivity contribution >= 4 is 11.3 Å². The molecule has 5 heteroatoms. The molecule has 0 saturated carbocycles. The third-order valence-electron chi connectivity index (χ3n) is 3.48. The quantitative estimate of drug-likeness (QED) is 0.871. The van der Waals surface area contributed by atoms with Crippen LogP contribution in [0.3, 0.4) is 0 Å².